The van der Waals surface area contributed by atoms with Crippen LogP contribution in [0.3, 0.4) is 0 Å². The number of hydrogen-bond donors (Lipinski definition) is 0. The predicted molar refractivity (Wildman–Crippen MR) is 107 cm³/mol. The molecule has 0 N–H and O–H groups in total. The molecule has 2 aliphatic rings. The number of carbonyl (C=O) groups is 1. The third kappa shape index (κ3) is 3.94. The van der Waals surface area contributed by atoms with Gasteiger partial charge < -0.3 is 9.42 Å². The zero-order valence-corrected chi connectivity index (χ0v) is 17.2. The fraction of sp³-hybridized carbons (Fsp3) is 0.571. The molecule has 1 aromatic heterocycles. The standard InChI is InChI=1S/C21H27ClN4O2/c1-14(21-23-20(24-28-21)13-16-7-9-17(22)10-8-16)25-11-3-5-18(25)19-6-4-12-26(19)15(2)27/h7-10,14,18-19H,3-6,11-13H2,1-2H3. The van der Waals surface area contributed by atoms with Crippen molar-refractivity contribution in [2.24, 2.45) is 0 Å². The van der Waals surface area contributed by atoms with E-state index in [0.717, 1.165) is 49.4 Å². The largest absolute Gasteiger partial charge is 0.338 e. The van der Waals surface area contributed by atoms with Gasteiger partial charge in [-0.1, -0.05) is 28.9 Å². The molecule has 2 aliphatic heterocycles. The minimum Gasteiger partial charge on any atom is -0.338 e. The Morgan fingerprint density at radius 1 is 1.21 bits per heavy atom. The Balaban J connectivity index is 1.46. The van der Waals surface area contributed by atoms with E-state index in [1.807, 2.05) is 24.3 Å². The maximum atomic E-state index is 12.0. The van der Waals surface area contributed by atoms with Crippen LogP contribution >= 0.6 is 11.6 Å². The summed E-state index contributed by atoms with van der Waals surface area (Å²) in [5.41, 5.74) is 1.10. The second-order valence-corrected chi connectivity index (χ2v) is 8.33. The van der Waals surface area contributed by atoms with Crippen molar-refractivity contribution in [3.05, 3.63) is 46.6 Å². The molecule has 2 aromatic rings. The third-order valence-electron chi connectivity index (χ3n) is 6.10. The summed E-state index contributed by atoms with van der Waals surface area (Å²) in [6.45, 7) is 5.69. The second kappa shape index (κ2) is 8.21. The van der Waals surface area contributed by atoms with Crippen LogP contribution in [0.1, 0.15) is 62.9 Å². The Morgan fingerprint density at radius 2 is 1.93 bits per heavy atom. The topological polar surface area (TPSA) is 62.5 Å². The van der Waals surface area contributed by atoms with E-state index in [-0.39, 0.29) is 11.9 Å². The lowest BCUT2D eigenvalue weighted by molar-refractivity contribution is -0.130. The summed E-state index contributed by atoms with van der Waals surface area (Å²) in [5, 5.41) is 4.90. The van der Waals surface area contributed by atoms with Gasteiger partial charge in [0.25, 0.3) is 0 Å². The van der Waals surface area contributed by atoms with Crippen LogP contribution in [0.4, 0.5) is 0 Å². The van der Waals surface area contributed by atoms with Gasteiger partial charge in [0.1, 0.15) is 0 Å². The maximum absolute atomic E-state index is 12.0. The molecule has 28 heavy (non-hydrogen) atoms. The quantitative estimate of drug-likeness (QED) is 0.760. The van der Waals surface area contributed by atoms with Crippen molar-refractivity contribution in [1.82, 2.24) is 19.9 Å². The number of benzene rings is 1. The van der Waals surface area contributed by atoms with E-state index in [1.165, 1.54) is 0 Å². The molecule has 7 heteroatoms. The summed E-state index contributed by atoms with van der Waals surface area (Å²) < 4.78 is 5.61. The van der Waals surface area contributed by atoms with E-state index >= 15 is 0 Å². The molecule has 4 rings (SSSR count). The molecule has 1 amide bonds. The number of halogens is 1. The molecule has 0 saturated carbocycles. The molecule has 1 aromatic carbocycles. The summed E-state index contributed by atoms with van der Waals surface area (Å²) in [4.78, 5) is 21.2. The Labute approximate surface area is 170 Å². The average Bonchev–Trinajstić information content (AvgIpc) is 3.42. The number of likely N-dealkylation sites (tertiary alicyclic amines) is 2. The van der Waals surface area contributed by atoms with Gasteiger partial charge in [-0.15, -0.1) is 0 Å². The normalized spacial score (nSPS) is 24.0. The van der Waals surface area contributed by atoms with Gasteiger partial charge in [-0.2, -0.15) is 4.98 Å². The molecule has 0 aliphatic carbocycles. The molecule has 3 atom stereocenters. The van der Waals surface area contributed by atoms with Crippen LogP contribution in [0.2, 0.25) is 5.02 Å². The molecule has 0 spiro atoms. The summed E-state index contributed by atoms with van der Waals surface area (Å²) >= 11 is 5.95. The van der Waals surface area contributed by atoms with Gasteiger partial charge in [0, 0.05) is 37.0 Å². The zero-order valence-electron chi connectivity index (χ0n) is 16.5. The van der Waals surface area contributed by atoms with Gasteiger partial charge in [-0.3, -0.25) is 9.69 Å². The first-order valence-electron chi connectivity index (χ1n) is 10.1. The van der Waals surface area contributed by atoms with E-state index in [4.69, 9.17) is 16.1 Å². The molecule has 3 heterocycles. The van der Waals surface area contributed by atoms with Gasteiger partial charge in [0.15, 0.2) is 5.82 Å². The van der Waals surface area contributed by atoms with E-state index in [2.05, 4.69) is 26.9 Å². The smallest absolute Gasteiger partial charge is 0.243 e. The van der Waals surface area contributed by atoms with Crippen molar-refractivity contribution < 1.29 is 9.32 Å². The zero-order chi connectivity index (χ0) is 19.7. The number of carbonyl (C=O) groups excluding carboxylic acids is 1. The van der Waals surface area contributed by atoms with Crippen molar-refractivity contribution in [3.63, 3.8) is 0 Å². The molecular weight excluding hydrogens is 376 g/mol. The summed E-state index contributed by atoms with van der Waals surface area (Å²) in [7, 11) is 0. The van der Waals surface area contributed by atoms with Gasteiger partial charge >= 0.3 is 0 Å². The first kappa shape index (κ1) is 19.4. The first-order valence-corrected chi connectivity index (χ1v) is 10.5. The molecule has 0 radical (unpaired) electrons. The van der Waals surface area contributed by atoms with Crippen LogP contribution in [-0.2, 0) is 11.2 Å². The lowest BCUT2D eigenvalue weighted by Gasteiger charge is -2.36. The Bertz CT molecular complexity index is 822. The number of rotatable bonds is 5. The van der Waals surface area contributed by atoms with Crippen LogP contribution in [0.25, 0.3) is 0 Å². The van der Waals surface area contributed by atoms with Crippen molar-refractivity contribution in [3.8, 4) is 0 Å². The molecule has 6 nitrogen and oxygen atoms in total. The maximum Gasteiger partial charge on any atom is 0.243 e. The van der Waals surface area contributed by atoms with Crippen LogP contribution < -0.4 is 0 Å². The predicted octanol–water partition coefficient (Wildman–Crippen LogP) is 3.85. The summed E-state index contributed by atoms with van der Waals surface area (Å²) in [6, 6.07) is 8.43. The van der Waals surface area contributed by atoms with Crippen LogP contribution in [-0.4, -0.2) is 51.0 Å². The van der Waals surface area contributed by atoms with Crippen molar-refractivity contribution in [2.75, 3.05) is 13.1 Å². The van der Waals surface area contributed by atoms with Crippen molar-refractivity contribution >= 4 is 17.5 Å². The van der Waals surface area contributed by atoms with E-state index in [9.17, 15) is 4.79 Å². The molecule has 2 saturated heterocycles. The highest BCUT2D eigenvalue weighted by Gasteiger charge is 2.41. The molecular formula is C21H27ClN4O2. The molecule has 2 fully saturated rings. The highest BCUT2D eigenvalue weighted by molar-refractivity contribution is 6.30. The molecule has 0 bridgehead atoms. The van der Waals surface area contributed by atoms with Gasteiger partial charge in [-0.25, -0.2) is 0 Å². The highest BCUT2D eigenvalue weighted by Crippen LogP contribution is 2.35. The van der Waals surface area contributed by atoms with Crippen LogP contribution in [0, 0.1) is 0 Å². The van der Waals surface area contributed by atoms with Gasteiger partial charge in [0.05, 0.1) is 6.04 Å². The van der Waals surface area contributed by atoms with Gasteiger partial charge in [0.2, 0.25) is 11.8 Å². The third-order valence-corrected chi connectivity index (χ3v) is 6.36. The number of nitrogens with zero attached hydrogens (tertiary/aromatic N) is 4. The first-order chi connectivity index (χ1) is 13.5. The van der Waals surface area contributed by atoms with Gasteiger partial charge in [-0.05, 0) is 56.8 Å². The Kier molecular flexibility index (Phi) is 5.69. The number of aromatic nitrogens is 2. The Hall–Kier alpha value is -1.92. The van der Waals surface area contributed by atoms with E-state index < -0.39 is 0 Å². The van der Waals surface area contributed by atoms with Crippen molar-refractivity contribution in [1.29, 1.82) is 0 Å². The lowest BCUT2D eigenvalue weighted by atomic mass is 10.0. The minimum absolute atomic E-state index is 0.0494. The van der Waals surface area contributed by atoms with Crippen LogP contribution in [0.5, 0.6) is 0 Å². The van der Waals surface area contributed by atoms with E-state index in [1.54, 1.807) is 6.92 Å². The molecule has 3 unspecified atom stereocenters. The van der Waals surface area contributed by atoms with Crippen LogP contribution in [0.15, 0.2) is 28.8 Å². The monoisotopic (exact) mass is 402 g/mol. The highest BCUT2D eigenvalue weighted by atomic mass is 35.5. The van der Waals surface area contributed by atoms with E-state index in [0.29, 0.717) is 30.2 Å². The molecule has 150 valence electrons. The minimum atomic E-state index is 0.0494. The fourth-order valence-electron chi connectivity index (χ4n) is 4.73. The SMILES string of the molecule is CC(=O)N1CCCC1C1CCCN1C(C)c1nc(Cc2ccc(Cl)cc2)no1. The lowest BCUT2D eigenvalue weighted by Crippen LogP contribution is -2.48. The second-order valence-electron chi connectivity index (χ2n) is 7.90. The summed E-state index contributed by atoms with van der Waals surface area (Å²) in [5.74, 6) is 1.53. The number of amides is 1. The summed E-state index contributed by atoms with van der Waals surface area (Å²) in [6.07, 6.45) is 5.05. The average molecular weight is 403 g/mol. The number of hydrogen-bond acceptors (Lipinski definition) is 5. The fourth-order valence-corrected chi connectivity index (χ4v) is 4.85. The van der Waals surface area contributed by atoms with Crippen molar-refractivity contribution in [2.45, 2.75) is 64.1 Å². The Morgan fingerprint density at radius 3 is 2.68 bits per heavy atom.